The van der Waals surface area contributed by atoms with Crippen molar-refractivity contribution in [1.29, 1.82) is 0 Å². The number of aromatic nitrogens is 4. The van der Waals surface area contributed by atoms with Crippen molar-refractivity contribution in [1.82, 2.24) is 19.2 Å². The van der Waals surface area contributed by atoms with Crippen LogP contribution in [0.1, 0.15) is 23.9 Å². The van der Waals surface area contributed by atoms with Gasteiger partial charge in [-0.1, -0.05) is 19.1 Å². The minimum atomic E-state index is -0.145. The molecule has 0 bridgehead atoms. The van der Waals surface area contributed by atoms with E-state index in [0.29, 0.717) is 5.65 Å². The summed E-state index contributed by atoms with van der Waals surface area (Å²) in [7, 11) is 0. The number of hydrogen-bond donors (Lipinski definition) is 0. The van der Waals surface area contributed by atoms with Gasteiger partial charge in [0.15, 0.2) is 0 Å². The molecule has 1 aromatic carbocycles. The van der Waals surface area contributed by atoms with Gasteiger partial charge in [-0.05, 0) is 31.0 Å². The predicted molar refractivity (Wildman–Crippen MR) is 77.4 cm³/mol. The van der Waals surface area contributed by atoms with Crippen molar-refractivity contribution in [3.05, 3.63) is 57.9 Å². The molecule has 5 nitrogen and oxygen atoms in total. The molecule has 2 heterocycles. The third-order valence-corrected chi connectivity index (χ3v) is 3.48. The van der Waals surface area contributed by atoms with Crippen molar-refractivity contribution >= 4 is 5.65 Å². The summed E-state index contributed by atoms with van der Waals surface area (Å²) in [5, 5.41) is 8.06. The average Bonchev–Trinajstić information content (AvgIpc) is 2.86. The predicted octanol–water partition coefficient (Wildman–Crippen LogP) is 2.06. The molecule has 0 unspecified atom stereocenters. The van der Waals surface area contributed by atoms with Crippen LogP contribution in [0.5, 0.6) is 0 Å². The van der Waals surface area contributed by atoms with Crippen LogP contribution in [0.2, 0.25) is 0 Å². The van der Waals surface area contributed by atoms with Crippen molar-refractivity contribution in [3.8, 4) is 5.69 Å². The molecule has 0 amide bonds. The monoisotopic (exact) mass is 268 g/mol. The molecular weight excluding hydrogens is 252 g/mol. The topological polar surface area (TPSA) is 52.2 Å². The fourth-order valence-electron chi connectivity index (χ4n) is 2.34. The Labute approximate surface area is 116 Å². The molecule has 0 saturated heterocycles. The Morgan fingerprint density at radius 3 is 2.70 bits per heavy atom. The van der Waals surface area contributed by atoms with Crippen LogP contribution >= 0.6 is 0 Å². The second-order valence-corrected chi connectivity index (χ2v) is 4.93. The Bertz CT molecular complexity index is 845. The van der Waals surface area contributed by atoms with Gasteiger partial charge in [-0.3, -0.25) is 13.8 Å². The summed E-state index contributed by atoms with van der Waals surface area (Å²) in [6.07, 6.45) is 4.37. The molecule has 0 atom stereocenters. The maximum absolute atomic E-state index is 12.6. The highest BCUT2D eigenvalue weighted by Gasteiger charge is 2.11. The van der Waals surface area contributed by atoms with E-state index in [0.717, 1.165) is 29.1 Å². The molecule has 0 aliphatic heterocycles. The summed E-state index contributed by atoms with van der Waals surface area (Å²) in [6.45, 7) is 6.00. The summed E-state index contributed by atoms with van der Waals surface area (Å²) < 4.78 is 3.38. The summed E-state index contributed by atoms with van der Waals surface area (Å²) in [5.74, 6) is 0.796. The zero-order chi connectivity index (χ0) is 14.3. The van der Waals surface area contributed by atoms with E-state index < -0.39 is 0 Å². The molecule has 0 spiro atoms. The van der Waals surface area contributed by atoms with Crippen molar-refractivity contribution in [2.75, 3.05) is 0 Å². The van der Waals surface area contributed by atoms with Crippen LogP contribution in [0, 0.1) is 13.8 Å². The third kappa shape index (κ3) is 1.82. The van der Waals surface area contributed by atoms with Crippen molar-refractivity contribution in [2.24, 2.45) is 0 Å². The van der Waals surface area contributed by atoms with Crippen molar-refractivity contribution < 1.29 is 0 Å². The molecule has 0 saturated carbocycles. The van der Waals surface area contributed by atoms with Crippen molar-refractivity contribution in [2.45, 2.75) is 27.2 Å². The van der Waals surface area contributed by atoms with Gasteiger partial charge in [-0.25, -0.2) is 0 Å². The van der Waals surface area contributed by atoms with Crippen LogP contribution in [0.4, 0.5) is 0 Å². The molecule has 2 aromatic heterocycles. The number of aryl methyl sites for hydroxylation is 3. The molecule has 0 fully saturated rings. The Balaban J connectivity index is 2.30. The summed E-state index contributed by atoms with van der Waals surface area (Å²) in [4.78, 5) is 12.6. The summed E-state index contributed by atoms with van der Waals surface area (Å²) >= 11 is 0. The van der Waals surface area contributed by atoms with Crippen LogP contribution in [-0.2, 0) is 6.42 Å². The van der Waals surface area contributed by atoms with Gasteiger partial charge in [0.05, 0.1) is 5.69 Å². The SMILES string of the molecule is CCc1nnc2c(=O)n(-c3cc(C)ccc3C)ccn12. The van der Waals surface area contributed by atoms with Gasteiger partial charge in [0.25, 0.3) is 0 Å². The van der Waals surface area contributed by atoms with Gasteiger partial charge >= 0.3 is 5.56 Å². The summed E-state index contributed by atoms with van der Waals surface area (Å²) in [6, 6.07) is 6.06. The minimum Gasteiger partial charge on any atom is -0.280 e. The fraction of sp³-hybridized carbons (Fsp3) is 0.267. The molecule has 102 valence electrons. The third-order valence-electron chi connectivity index (χ3n) is 3.48. The van der Waals surface area contributed by atoms with Gasteiger partial charge in [-0.2, -0.15) is 0 Å². The van der Waals surface area contributed by atoms with E-state index in [1.165, 1.54) is 0 Å². The highest BCUT2D eigenvalue weighted by atomic mass is 16.1. The standard InChI is InChI=1S/C15H16N4O/c1-4-13-16-17-14-15(20)18(7-8-19(13)14)12-9-10(2)5-6-11(12)3/h5-9H,4H2,1-3H3. The molecule has 0 aliphatic carbocycles. The van der Waals surface area contributed by atoms with E-state index in [4.69, 9.17) is 0 Å². The van der Waals surface area contributed by atoms with Crippen LogP contribution in [-0.4, -0.2) is 19.2 Å². The van der Waals surface area contributed by atoms with E-state index in [1.807, 2.05) is 45.2 Å². The van der Waals surface area contributed by atoms with E-state index in [-0.39, 0.29) is 5.56 Å². The second-order valence-electron chi connectivity index (χ2n) is 4.93. The summed E-state index contributed by atoms with van der Waals surface area (Å²) in [5.41, 5.74) is 3.28. The lowest BCUT2D eigenvalue weighted by atomic mass is 10.1. The minimum absolute atomic E-state index is 0.145. The van der Waals surface area contributed by atoms with E-state index in [2.05, 4.69) is 10.2 Å². The van der Waals surface area contributed by atoms with Crippen LogP contribution < -0.4 is 5.56 Å². The first-order chi connectivity index (χ1) is 9.61. The first-order valence-corrected chi connectivity index (χ1v) is 6.64. The average molecular weight is 268 g/mol. The van der Waals surface area contributed by atoms with Gasteiger partial charge in [0.1, 0.15) is 5.82 Å². The largest absolute Gasteiger partial charge is 0.300 e. The smallest absolute Gasteiger partial charge is 0.280 e. The molecule has 3 rings (SSSR count). The van der Waals surface area contributed by atoms with E-state index in [9.17, 15) is 4.79 Å². The maximum Gasteiger partial charge on any atom is 0.300 e. The maximum atomic E-state index is 12.6. The normalized spacial score (nSPS) is 11.2. The van der Waals surface area contributed by atoms with Gasteiger partial charge in [0.2, 0.25) is 5.65 Å². The van der Waals surface area contributed by atoms with Gasteiger partial charge < -0.3 is 0 Å². The van der Waals surface area contributed by atoms with E-state index >= 15 is 0 Å². The molecule has 20 heavy (non-hydrogen) atoms. The Morgan fingerprint density at radius 2 is 1.95 bits per heavy atom. The van der Waals surface area contributed by atoms with Crippen molar-refractivity contribution in [3.63, 3.8) is 0 Å². The van der Waals surface area contributed by atoms with Crippen LogP contribution in [0.3, 0.4) is 0 Å². The number of nitrogens with zero attached hydrogens (tertiary/aromatic N) is 4. The van der Waals surface area contributed by atoms with E-state index in [1.54, 1.807) is 15.2 Å². The molecular formula is C15H16N4O. The zero-order valence-corrected chi connectivity index (χ0v) is 11.8. The van der Waals surface area contributed by atoms with Gasteiger partial charge in [0, 0.05) is 18.8 Å². The fourth-order valence-corrected chi connectivity index (χ4v) is 2.34. The molecule has 0 aliphatic rings. The molecule has 3 aromatic rings. The lowest BCUT2D eigenvalue weighted by molar-refractivity contribution is 0.888. The number of fused-ring (bicyclic) bond motifs is 1. The lowest BCUT2D eigenvalue weighted by Gasteiger charge is -2.10. The molecule has 0 N–H and O–H groups in total. The highest BCUT2D eigenvalue weighted by Crippen LogP contribution is 2.14. The number of benzene rings is 1. The first kappa shape index (κ1) is 12.6. The first-order valence-electron chi connectivity index (χ1n) is 6.64. The number of hydrogen-bond acceptors (Lipinski definition) is 3. The molecule has 5 heteroatoms. The second kappa shape index (κ2) is 4.59. The Morgan fingerprint density at radius 1 is 1.15 bits per heavy atom. The van der Waals surface area contributed by atoms with Gasteiger partial charge in [-0.15, -0.1) is 10.2 Å². The Kier molecular flexibility index (Phi) is 2.89. The highest BCUT2D eigenvalue weighted by molar-refractivity contribution is 5.46. The lowest BCUT2D eigenvalue weighted by Crippen LogP contribution is -2.21. The van der Waals surface area contributed by atoms with Crippen LogP contribution in [0.25, 0.3) is 11.3 Å². The molecule has 0 radical (unpaired) electrons. The van der Waals surface area contributed by atoms with Crippen LogP contribution in [0.15, 0.2) is 35.4 Å². The Hall–Kier alpha value is -2.43. The zero-order valence-electron chi connectivity index (χ0n) is 11.8. The number of rotatable bonds is 2. The quantitative estimate of drug-likeness (QED) is 0.715.